The average molecular weight is 466 g/mol. The minimum atomic E-state index is -4.50. The Morgan fingerprint density at radius 3 is 2.59 bits per heavy atom. The van der Waals surface area contributed by atoms with Gasteiger partial charge < -0.3 is 10.6 Å². The van der Waals surface area contributed by atoms with E-state index in [9.17, 15) is 22.8 Å². The fourth-order valence-electron chi connectivity index (χ4n) is 3.26. The number of rotatable bonds is 6. The predicted octanol–water partition coefficient (Wildman–Crippen LogP) is 4.54. The van der Waals surface area contributed by atoms with Gasteiger partial charge in [0.1, 0.15) is 0 Å². The highest BCUT2D eigenvalue weighted by molar-refractivity contribution is 6.33. The third kappa shape index (κ3) is 4.80. The standard InChI is InChI=1S/C21H19ClF3N5O2/c22-16-6-1-2-7-17(16)27-19(31)26-10-11-29-20(32)30(15-8-9-15)18(28-29)13-4-3-5-14(12-13)21(23,24)25/h1-7,12,15H,8-11H2,(H2,26,27,31). The van der Waals surface area contributed by atoms with E-state index < -0.39 is 23.5 Å². The molecule has 1 saturated carbocycles. The smallest absolute Gasteiger partial charge is 0.336 e. The second kappa shape index (κ2) is 8.70. The zero-order chi connectivity index (χ0) is 22.9. The van der Waals surface area contributed by atoms with Gasteiger partial charge in [0, 0.05) is 18.2 Å². The normalized spacial score (nSPS) is 13.8. The van der Waals surface area contributed by atoms with Crippen LogP contribution in [0.3, 0.4) is 0 Å². The van der Waals surface area contributed by atoms with E-state index >= 15 is 0 Å². The van der Waals surface area contributed by atoms with Gasteiger partial charge in [-0.3, -0.25) is 4.57 Å². The van der Waals surface area contributed by atoms with Crippen molar-refractivity contribution in [1.82, 2.24) is 19.7 Å². The maximum Gasteiger partial charge on any atom is 0.416 e. The number of carbonyl (C=O) groups excluding carboxylic acids is 1. The Kier molecular flexibility index (Phi) is 5.96. The van der Waals surface area contributed by atoms with Crippen molar-refractivity contribution < 1.29 is 18.0 Å². The minimum Gasteiger partial charge on any atom is -0.336 e. The number of nitrogens with one attached hydrogen (secondary N) is 2. The largest absolute Gasteiger partial charge is 0.416 e. The molecule has 1 fully saturated rings. The van der Waals surface area contributed by atoms with E-state index in [4.69, 9.17) is 11.6 Å². The lowest BCUT2D eigenvalue weighted by Gasteiger charge is -2.09. The number of para-hydroxylation sites is 1. The van der Waals surface area contributed by atoms with Crippen LogP contribution < -0.4 is 16.3 Å². The summed E-state index contributed by atoms with van der Waals surface area (Å²) in [5.41, 5.74) is -0.578. The first-order chi connectivity index (χ1) is 15.2. The Labute approximate surface area is 185 Å². The molecule has 0 atom stereocenters. The number of hydrogen-bond acceptors (Lipinski definition) is 3. The van der Waals surface area contributed by atoms with Gasteiger partial charge in [0.2, 0.25) is 0 Å². The molecule has 1 aliphatic carbocycles. The lowest BCUT2D eigenvalue weighted by Crippen LogP contribution is -2.34. The summed E-state index contributed by atoms with van der Waals surface area (Å²) in [4.78, 5) is 24.9. The van der Waals surface area contributed by atoms with Crippen LogP contribution in [0.5, 0.6) is 0 Å². The molecule has 32 heavy (non-hydrogen) atoms. The van der Waals surface area contributed by atoms with Gasteiger partial charge in [-0.1, -0.05) is 35.9 Å². The molecule has 2 amide bonds. The van der Waals surface area contributed by atoms with Crippen LogP contribution in [0.25, 0.3) is 11.4 Å². The zero-order valence-corrected chi connectivity index (χ0v) is 17.5. The van der Waals surface area contributed by atoms with E-state index in [-0.39, 0.29) is 30.5 Å². The molecule has 7 nitrogen and oxygen atoms in total. The molecule has 2 aromatic carbocycles. The lowest BCUT2D eigenvalue weighted by molar-refractivity contribution is -0.137. The van der Waals surface area contributed by atoms with Crippen molar-refractivity contribution in [2.45, 2.75) is 31.6 Å². The molecule has 0 unspecified atom stereocenters. The number of halogens is 4. The molecule has 168 valence electrons. The van der Waals surface area contributed by atoms with Crippen molar-refractivity contribution in [2.24, 2.45) is 0 Å². The molecule has 2 N–H and O–H groups in total. The lowest BCUT2D eigenvalue weighted by atomic mass is 10.1. The van der Waals surface area contributed by atoms with Gasteiger partial charge in [-0.25, -0.2) is 14.3 Å². The molecule has 1 aliphatic rings. The first-order valence-corrected chi connectivity index (χ1v) is 10.3. The zero-order valence-electron chi connectivity index (χ0n) is 16.7. The Bertz CT molecular complexity index is 1200. The van der Waals surface area contributed by atoms with Gasteiger partial charge >= 0.3 is 17.9 Å². The van der Waals surface area contributed by atoms with Gasteiger partial charge in [0.25, 0.3) is 0 Å². The molecule has 1 heterocycles. The van der Waals surface area contributed by atoms with Crippen molar-refractivity contribution in [1.29, 1.82) is 0 Å². The van der Waals surface area contributed by atoms with Crippen molar-refractivity contribution in [2.75, 3.05) is 11.9 Å². The molecule has 0 radical (unpaired) electrons. The van der Waals surface area contributed by atoms with E-state index in [0.29, 0.717) is 10.7 Å². The molecule has 0 spiro atoms. The number of anilines is 1. The fraction of sp³-hybridized carbons (Fsp3) is 0.286. The van der Waals surface area contributed by atoms with Crippen LogP contribution in [0, 0.1) is 0 Å². The number of hydrogen-bond donors (Lipinski definition) is 2. The van der Waals surface area contributed by atoms with Crippen LogP contribution >= 0.6 is 11.6 Å². The highest BCUT2D eigenvalue weighted by atomic mass is 35.5. The molecular formula is C21H19ClF3N5O2. The summed E-state index contributed by atoms with van der Waals surface area (Å²) in [6.07, 6.45) is -2.98. The number of amides is 2. The fourth-order valence-corrected chi connectivity index (χ4v) is 3.45. The number of benzene rings is 2. The third-order valence-electron chi connectivity index (χ3n) is 4.96. The topological polar surface area (TPSA) is 81.0 Å². The molecule has 3 aromatic rings. The SMILES string of the molecule is O=C(NCCn1nc(-c2cccc(C(F)(F)F)c2)n(C2CC2)c1=O)Nc1ccccc1Cl. The Hall–Kier alpha value is -3.27. The van der Waals surface area contributed by atoms with Crippen LogP contribution in [0.1, 0.15) is 24.4 Å². The summed E-state index contributed by atoms with van der Waals surface area (Å²) in [7, 11) is 0. The van der Waals surface area contributed by atoms with Crippen LogP contribution in [0.15, 0.2) is 53.3 Å². The van der Waals surface area contributed by atoms with E-state index in [0.717, 1.165) is 29.7 Å². The van der Waals surface area contributed by atoms with Crippen LogP contribution in [-0.2, 0) is 12.7 Å². The van der Waals surface area contributed by atoms with Gasteiger partial charge in [-0.2, -0.15) is 13.2 Å². The van der Waals surface area contributed by atoms with Crippen LogP contribution in [0.4, 0.5) is 23.7 Å². The Balaban J connectivity index is 1.49. The maximum absolute atomic E-state index is 13.1. The van der Waals surface area contributed by atoms with E-state index in [1.54, 1.807) is 24.3 Å². The van der Waals surface area contributed by atoms with E-state index in [2.05, 4.69) is 15.7 Å². The Morgan fingerprint density at radius 2 is 1.91 bits per heavy atom. The van der Waals surface area contributed by atoms with E-state index in [1.807, 2.05) is 0 Å². The molecule has 11 heteroatoms. The van der Waals surface area contributed by atoms with Gasteiger partial charge in [-0.15, -0.1) is 5.10 Å². The minimum absolute atomic E-state index is 0.0560. The van der Waals surface area contributed by atoms with Crippen molar-refractivity contribution in [3.63, 3.8) is 0 Å². The summed E-state index contributed by atoms with van der Waals surface area (Å²) in [5.74, 6) is 0.184. The quantitative estimate of drug-likeness (QED) is 0.561. The van der Waals surface area contributed by atoms with Crippen molar-refractivity contribution >= 4 is 23.3 Å². The van der Waals surface area contributed by atoms with E-state index in [1.165, 1.54) is 16.7 Å². The number of aromatic nitrogens is 3. The second-order valence-corrected chi connectivity index (χ2v) is 7.78. The van der Waals surface area contributed by atoms with Gasteiger partial charge in [-0.05, 0) is 37.1 Å². The van der Waals surface area contributed by atoms with Gasteiger partial charge in [0.15, 0.2) is 5.82 Å². The average Bonchev–Trinajstić information content (AvgIpc) is 3.53. The maximum atomic E-state index is 13.1. The number of nitrogens with zero attached hydrogens (tertiary/aromatic N) is 3. The molecule has 1 aromatic heterocycles. The van der Waals surface area contributed by atoms with Crippen molar-refractivity contribution in [3.05, 3.63) is 69.6 Å². The highest BCUT2D eigenvalue weighted by Crippen LogP contribution is 2.37. The second-order valence-electron chi connectivity index (χ2n) is 7.37. The van der Waals surface area contributed by atoms with Crippen molar-refractivity contribution in [3.8, 4) is 11.4 Å². The number of carbonyl (C=O) groups is 1. The summed E-state index contributed by atoms with van der Waals surface area (Å²) in [6, 6.07) is 10.9. The molecule has 4 rings (SSSR count). The summed E-state index contributed by atoms with van der Waals surface area (Å²) < 4.78 is 41.9. The molecule has 0 bridgehead atoms. The molecule has 0 aliphatic heterocycles. The Morgan fingerprint density at radius 1 is 1.16 bits per heavy atom. The van der Waals surface area contributed by atoms with Gasteiger partial charge in [0.05, 0.1) is 22.8 Å². The molecule has 0 saturated heterocycles. The predicted molar refractivity (Wildman–Crippen MR) is 114 cm³/mol. The number of alkyl halides is 3. The number of urea groups is 1. The highest BCUT2D eigenvalue weighted by Gasteiger charge is 2.33. The third-order valence-corrected chi connectivity index (χ3v) is 5.29. The van der Waals surface area contributed by atoms with Crippen LogP contribution in [0.2, 0.25) is 5.02 Å². The molecular weight excluding hydrogens is 447 g/mol. The first kappa shape index (κ1) is 21.9. The summed E-state index contributed by atoms with van der Waals surface area (Å²) in [6.45, 7) is 0.139. The first-order valence-electron chi connectivity index (χ1n) is 9.90. The monoisotopic (exact) mass is 465 g/mol. The summed E-state index contributed by atoms with van der Waals surface area (Å²) in [5, 5.41) is 9.86. The van der Waals surface area contributed by atoms with Crippen LogP contribution in [-0.4, -0.2) is 26.9 Å². The summed E-state index contributed by atoms with van der Waals surface area (Å²) >= 11 is 6.00.